The van der Waals surface area contributed by atoms with Crippen molar-refractivity contribution < 1.29 is 4.79 Å². The third-order valence-corrected chi connectivity index (χ3v) is 4.45. The number of hydrogen-bond acceptors (Lipinski definition) is 2. The molecule has 27 heavy (non-hydrogen) atoms. The number of hydrogen-bond donors (Lipinski definition) is 1. The Kier molecular flexibility index (Phi) is 4.54. The number of anilines is 1. The molecule has 4 nitrogen and oxygen atoms in total. The molecule has 1 aromatic heterocycles. The molecule has 4 rings (SSSR count). The van der Waals surface area contributed by atoms with Crippen LogP contribution in [0.25, 0.3) is 10.9 Å². The van der Waals surface area contributed by atoms with E-state index in [1.54, 1.807) is 6.07 Å². The summed E-state index contributed by atoms with van der Waals surface area (Å²) in [6.07, 6.45) is 3.86. The van der Waals surface area contributed by atoms with Crippen molar-refractivity contribution in [3.05, 3.63) is 96.2 Å². The van der Waals surface area contributed by atoms with Crippen molar-refractivity contribution in [2.45, 2.75) is 0 Å². The third kappa shape index (κ3) is 3.51. The number of benzene rings is 3. The number of carbonyl (C=O) groups excluding carboxylic acids is 1. The van der Waals surface area contributed by atoms with Crippen LogP contribution < -0.4 is 5.32 Å². The molecule has 0 saturated carbocycles. The summed E-state index contributed by atoms with van der Waals surface area (Å²) < 4.78 is 2.07. The fraction of sp³-hybridized carbons (Fsp3) is 0.0435. The zero-order chi connectivity index (χ0) is 18.6. The summed E-state index contributed by atoms with van der Waals surface area (Å²) in [5.41, 5.74) is 4.10. The van der Waals surface area contributed by atoms with Crippen LogP contribution >= 0.6 is 0 Å². The van der Waals surface area contributed by atoms with Crippen LogP contribution in [-0.2, 0) is 7.05 Å². The molecular weight excluding hydrogens is 334 g/mol. The zero-order valence-corrected chi connectivity index (χ0v) is 15.0. The number of nitrogens with one attached hydrogen (secondary N) is 1. The Morgan fingerprint density at radius 2 is 1.63 bits per heavy atom. The van der Waals surface area contributed by atoms with Gasteiger partial charge in [-0.3, -0.25) is 9.79 Å². The van der Waals surface area contributed by atoms with Crippen LogP contribution in [-0.4, -0.2) is 16.7 Å². The van der Waals surface area contributed by atoms with Gasteiger partial charge in [-0.05, 0) is 30.3 Å². The van der Waals surface area contributed by atoms with Gasteiger partial charge in [-0.2, -0.15) is 0 Å². The fourth-order valence-electron chi connectivity index (χ4n) is 3.11. The Hall–Kier alpha value is -3.66. The predicted octanol–water partition coefficient (Wildman–Crippen LogP) is 5.18. The molecule has 1 heterocycles. The summed E-state index contributed by atoms with van der Waals surface area (Å²) in [7, 11) is 2.01. The van der Waals surface area contributed by atoms with Gasteiger partial charge in [0.15, 0.2) is 0 Å². The van der Waals surface area contributed by atoms with Crippen molar-refractivity contribution in [2.24, 2.45) is 12.0 Å². The van der Waals surface area contributed by atoms with E-state index in [4.69, 9.17) is 0 Å². The van der Waals surface area contributed by atoms with Gasteiger partial charge in [-0.15, -0.1) is 0 Å². The summed E-state index contributed by atoms with van der Waals surface area (Å²) >= 11 is 0. The average Bonchev–Trinajstić information content (AvgIpc) is 3.03. The molecule has 1 N–H and O–H groups in total. The number of aryl methyl sites for hydroxylation is 1. The molecule has 0 saturated heterocycles. The minimum absolute atomic E-state index is 0.174. The molecule has 0 radical (unpaired) electrons. The molecule has 3 aromatic carbocycles. The maximum atomic E-state index is 12.7. The first kappa shape index (κ1) is 16.8. The van der Waals surface area contributed by atoms with Crippen molar-refractivity contribution in [1.82, 2.24) is 4.57 Å². The smallest absolute Gasteiger partial charge is 0.257 e. The summed E-state index contributed by atoms with van der Waals surface area (Å²) in [5.74, 6) is -0.174. The number of carbonyl (C=O) groups is 1. The molecule has 4 heteroatoms. The zero-order valence-electron chi connectivity index (χ0n) is 15.0. The number of para-hydroxylation sites is 3. The monoisotopic (exact) mass is 353 g/mol. The lowest BCUT2D eigenvalue weighted by Gasteiger charge is -2.07. The number of rotatable bonds is 4. The molecule has 0 aliphatic rings. The Labute approximate surface area is 157 Å². The summed E-state index contributed by atoms with van der Waals surface area (Å²) in [6, 6.07) is 25.0. The number of aromatic nitrogens is 1. The molecule has 0 unspecified atom stereocenters. The summed E-state index contributed by atoms with van der Waals surface area (Å²) in [4.78, 5) is 17.3. The highest BCUT2D eigenvalue weighted by Crippen LogP contribution is 2.23. The SMILES string of the molecule is Cn1cc(C=Nc2ccccc2C(=O)Nc2ccccc2)c2ccccc21. The maximum Gasteiger partial charge on any atom is 0.257 e. The predicted molar refractivity (Wildman–Crippen MR) is 111 cm³/mol. The van der Waals surface area contributed by atoms with Gasteiger partial charge in [-0.1, -0.05) is 48.5 Å². The Morgan fingerprint density at radius 1 is 0.926 bits per heavy atom. The molecule has 4 aromatic rings. The standard InChI is InChI=1S/C23H19N3O/c1-26-16-17(19-11-6-8-14-22(19)26)15-24-21-13-7-5-12-20(21)23(27)25-18-9-3-2-4-10-18/h2-16H,1H3,(H,25,27). The van der Waals surface area contributed by atoms with E-state index < -0.39 is 0 Å². The van der Waals surface area contributed by atoms with E-state index in [0.717, 1.165) is 22.2 Å². The highest BCUT2D eigenvalue weighted by atomic mass is 16.1. The number of fused-ring (bicyclic) bond motifs is 1. The lowest BCUT2D eigenvalue weighted by atomic mass is 10.1. The fourth-order valence-corrected chi connectivity index (χ4v) is 3.11. The minimum Gasteiger partial charge on any atom is -0.350 e. The van der Waals surface area contributed by atoms with Gasteiger partial charge in [0.25, 0.3) is 5.91 Å². The van der Waals surface area contributed by atoms with Gasteiger partial charge < -0.3 is 9.88 Å². The van der Waals surface area contributed by atoms with Gasteiger partial charge in [0.1, 0.15) is 0 Å². The van der Waals surface area contributed by atoms with E-state index in [1.807, 2.05) is 80.1 Å². The van der Waals surface area contributed by atoms with E-state index in [0.29, 0.717) is 11.3 Å². The normalized spacial score (nSPS) is 11.1. The molecule has 0 aliphatic heterocycles. The van der Waals surface area contributed by atoms with Crippen molar-refractivity contribution in [2.75, 3.05) is 5.32 Å². The van der Waals surface area contributed by atoms with Gasteiger partial charge in [0.2, 0.25) is 0 Å². The van der Waals surface area contributed by atoms with Crippen molar-refractivity contribution in [1.29, 1.82) is 0 Å². The molecule has 0 atom stereocenters. The topological polar surface area (TPSA) is 46.4 Å². The molecule has 132 valence electrons. The van der Waals surface area contributed by atoms with Crippen LogP contribution in [0, 0.1) is 0 Å². The van der Waals surface area contributed by atoms with Crippen molar-refractivity contribution >= 4 is 34.4 Å². The number of amides is 1. The first-order chi connectivity index (χ1) is 13.2. The van der Waals surface area contributed by atoms with Crippen molar-refractivity contribution in [3.8, 4) is 0 Å². The highest BCUT2D eigenvalue weighted by molar-refractivity contribution is 6.08. The van der Waals surface area contributed by atoms with Crippen LogP contribution in [0.3, 0.4) is 0 Å². The second kappa shape index (κ2) is 7.30. The van der Waals surface area contributed by atoms with Crippen LogP contribution in [0.1, 0.15) is 15.9 Å². The quantitative estimate of drug-likeness (QED) is 0.505. The van der Waals surface area contributed by atoms with E-state index in [-0.39, 0.29) is 5.91 Å². The van der Waals surface area contributed by atoms with Gasteiger partial charge in [0, 0.05) is 41.6 Å². The molecular formula is C23H19N3O. The highest BCUT2D eigenvalue weighted by Gasteiger charge is 2.11. The second-order valence-corrected chi connectivity index (χ2v) is 6.31. The van der Waals surface area contributed by atoms with E-state index in [1.165, 1.54) is 0 Å². The van der Waals surface area contributed by atoms with Gasteiger partial charge in [0.05, 0.1) is 11.3 Å². The molecule has 0 fully saturated rings. The molecule has 0 spiro atoms. The van der Waals surface area contributed by atoms with Gasteiger partial charge >= 0.3 is 0 Å². The summed E-state index contributed by atoms with van der Waals surface area (Å²) in [6.45, 7) is 0. The van der Waals surface area contributed by atoms with Crippen LogP contribution in [0.5, 0.6) is 0 Å². The van der Waals surface area contributed by atoms with Crippen LogP contribution in [0.2, 0.25) is 0 Å². The number of aliphatic imine (C=N–C) groups is 1. The Balaban J connectivity index is 1.65. The summed E-state index contributed by atoms with van der Waals surface area (Å²) in [5, 5.41) is 4.05. The van der Waals surface area contributed by atoms with E-state index >= 15 is 0 Å². The minimum atomic E-state index is -0.174. The number of nitrogens with zero attached hydrogens (tertiary/aromatic N) is 2. The first-order valence-electron chi connectivity index (χ1n) is 8.76. The molecule has 0 bridgehead atoms. The third-order valence-electron chi connectivity index (χ3n) is 4.45. The first-order valence-corrected chi connectivity index (χ1v) is 8.76. The van der Waals surface area contributed by atoms with E-state index in [9.17, 15) is 4.79 Å². The van der Waals surface area contributed by atoms with Gasteiger partial charge in [-0.25, -0.2) is 0 Å². The van der Waals surface area contributed by atoms with Crippen LogP contribution in [0.4, 0.5) is 11.4 Å². The lowest BCUT2D eigenvalue weighted by molar-refractivity contribution is 0.102. The Bertz CT molecular complexity index is 1130. The molecule has 0 aliphatic carbocycles. The van der Waals surface area contributed by atoms with E-state index in [2.05, 4.69) is 27.0 Å². The van der Waals surface area contributed by atoms with Crippen LogP contribution in [0.15, 0.2) is 90.1 Å². The maximum absolute atomic E-state index is 12.7. The molecule has 1 amide bonds. The lowest BCUT2D eigenvalue weighted by Crippen LogP contribution is -2.11. The van der Waals surface area contributed by atoms with Crippen molar-refractivity contribution in [3.63, 3.8) is 0 Å². The second-order valence-electron chi connectivity index (χ2n) is 6.31. The largest absolute Gasteiger partial charge is 0.350 e. The average molecular weight is 353 g/mol. The Morgan fingerprint density at radius 3 is 2.48 bits per heavy atom.